The van der Waals surface area contributed by atoms with Gasteiger partial charge in [0, 0.05) is 26.6 Å². The van der Waals surface area contributed by atoms with Crippen LogP contribution in [0.3, 0.4) is 0 Å². The van der Waals surface area contributed by atoms with Gasteiger partial charge in [0.2, 0.25) is 5.91 Å². The molecular formula is C16H21N3O2. The molecule has 0 radical (unpaired) electrons. The molecule has 1 aromatic carbocycles. The van der Waals surface area contributed by atoms with Crippen LogP contribution in [0, 0.1) is 0 Å². The quantitative estimate of drug-likeness (QED) is 0.849. The molecule has 1 atom stereocenters. The zero-order valence-corrected chi connectivity index (χ0v) is 12.9. The summed E-state index contributed by atoms with van der Waals surface area (Å²) >= 11 is 0. The van der Waals surface area contributed by atoms with Crippen LogP contribution in [0.5, 0.6) is 5.75 Å². The highest BCUT2D eigenvalue weighted by molar-refractivity contribution is 5.92. The Morgan fingerprint density at radius 2 is 2.19 bits per heavy atom. The van der Waals surface area contributed by atoms with E-state index in [2.05, 4.69) is 5.10 Å². The lowest BCUT2D eigenvalue weighted by Gasteiger charge is -2.20. The molecule has 2 aromatic rings. The van der Waals surface area contributed by atoms with E-state index in [0.29, 0.717) is 6.42 Å². The van der Waals surface area contributed by atoms with Crippen molar-refractivity contribution in [2.45, 2.75) is 19.3 Å². The predicted molar refractivity (Wildman–Crippen MR) is 82.6 cm³/mol. The number of ether oxygens (including phenoxy) is 1. The summed E-state index contributed by atoms with van der Waals surface area (Å²) in [5, 5.41) is 4.09. The number of hydrogen-bond donors (Lipinski definition) is 0. The first kappa shape index (κ1) is 15.1. The zero-order valence-electron chi connectivity index (χ0n) is 12.9. The molecule has 0 fully saturated rings. The van der Waals surface area contributed by atoms with Gasteiger partial charge in [-0.2, -0.15) is 5.10 Å². The molecule has 0 aliphatic carbocycles. The van der Waals surface area contributed by atoms with Gasteiger partial charge < -0.3 is 9.64 Å². The average molecular weight is 287 g/mol. The number of aryl methyl sites for hydroxylation is 1. The van der Waals surface area contributed by atoms with E-state index in [4.69, 9.17) is 4.74 Å². The van der Waals surface area contributed by atoms with E-state index in [1.807, 2.05) is 44.3 Å². The fraction of sp³-hybridized carbons (Fsp3) is 0.375. The highest BCUT2D eigenvalue weighted by Crippen LogP contribution is 2.24. The van der Waals surface area contributed by atoms with E-state index >= 15 is 0 Å². The Kier molecular flexibility index (Phi) is 4.62. The van der Waals surface area contributed by atoms with Crippen LogP contribution in [0.4, 0.5) is 5.82 Å². The smallest absolute Gasteiger partial charge is 0.228 e. The molecule has 5 heteroatoms. The third kappa shape index (κ3) is 3.42. The van der Waals surface area contributed by atoms with Crippen molar-refractivity contribution in [3.8, 4) is 5.75 Å². The second-order valence-corrected chi connectivity index (χ2v) is 5.15. The van der Waals surface area contributed by atoms with Crippen LogP contribution in [0.25, 0.3) is 0 Å². The van der Waals surface area contributed by atoms with E-state index in [1.165, 1.54) is 0 Å². The number of carbonyl (C=O) groups excluding carboxylic acids is 1. The third-order valence-electron chi connectivity index (χ3n) is 3.66. The second kappa shape index (κ2) is 6.43. The van der Waals surface area contributed by atoms with E-state index in [1.54, 1.807) is 29.9 Å². The molecule has 0 saturated heterocycles. The normalized spacial score (nSPS) is 12.0. The van der Waals surface area contributed by atoms with Gasteiger partial charge in [-0.1, -0.05) is 19.1 Å². The van der Waals surface area contributed by atoms with E-state index < -0.39 is 0 Å². The minimum Gasteiger partial charge on any atom is -0.497 e. The second-order valence-electron chi connectivity index (χ2n) is 5.15. The minimum absolute atomic E-state index is 0.0638. The molecule has 1 aromatic heterocycles. The van der Waals surface area contributed by atoms with Gasteiger partial charge in [0.1, 0.15) is 11.6 Å². The maximum Gasteiger partial charge on any atom is 0.228 e. The largest absolute Gasteiger partial charge is 0.497 e. The minimum atomic E-state index is 0.0638. The molecule has 1 heterocycles. The number of rotatable bonds is 5. The maximum atomic E-state index is 12.4. The van der Waals surface area contributed by atoms with Crippen molar-refractivity contribution in [2.75, 3.05) is 19.1 Å². The van der Waals surface area contributed by atoms with Gasteiger partial charge in [0.15, 0.2) is 0 Å². The summed E-state index contributed by atoms with van der Waals surface area (Å²) in [5.74, 6) is 1.79. The molecule has 21 heavy (non-hydrogen) atoms. The SMILES string of the molecule is COc1cccc(C(C)CC(=O)N(C)c2ccnn2C)c1. The summed E-state index contributed by atoms with van der Waals surface area (Å²) in [4.78, 5) is 14.0. The highest BCUT2D eigenvalue weighted by Gasteiger charge is 2.18. The van der Waals surface area contributed by atoms with E-state index in [0.717, 1.165) is 17.1 Å². The maximum absolute atomic E-state index is 12.4. The van der Waals surface area contributed by atoms with Crippen LogP contribution in [-0.2, 0) is 11.8 Å². The lowest BCUT2D eigenvalue weighted by Crippen LogP contribution is -2.29. The first-order chi connectivity index (χ1) is 10.0. The van der Waals surface area contributed by atoms with Crippen molar-refractivity contribution in [1.29, 1.82) is 0 Å². The molecule has 5 nitrogen and oxygen atoms in total. The van der Waals surface area contributed by atoms with Crippen molar-refractivity contribution in [1.82, 2.24) is 9.78 Å². The number of carbonyl (C=O) groups is 1. The monoisotopic (exact) mass is 287 g/mol. The van der Waals surface area contributed by atoms with Crippen molar-refractivity contribution < 1.29 is 9.53 Å². The fourth-order valence-corrected chi connectivity index (χ4v) is 2.29. The Balaban J connectivity index is 2.06. The van der Waals surface area contributed by atoms with Crippen molar-refractivity contribution >= 4 is 11.7 Å². The van der Waals surface area contributed by atoms with Crippen molar-refractivity contribution in [3.63, 3.8) is 0 Å². The van der Waals surface area contributed by atoms with Gasteiger partial charge in [0.05, 0.1) is 13.3 Å². The molecule has 0 aliphatic heterocycles. The fourth-order valence-electron chi connectivity index (χ4n) is 2.29. The third-order valence-corrected chi connectivity index (χ3v) is 3.66. The van der Waals surface area contributed by atoms with Gasteiger partial charge in [-0.05, 0) is 23.6 Å². The summed E-state index contributed by atoms with van der Waals surface area (Å²) in [6, 6.07) is 9.67. The Bertz CT molecular complexity index is 621. The standard InChI is InChI=1S/C16H21N3O2/c1-12(13-6-5-7-14(11-13)21-4)10-16(20)18(2)15-8-9-17-19(15)3/h5-9,11-12H,10H2,1-4H3. The molecule has 2 rings (SSSR count). The summed E-state index contributed by atoms with van der Waals surface area (Å²) in [5.41, 5.74) is 1.10. The molecule has 0 bridgehead atoms. The first-order valence-electron chi connectivity index (χ1n) is 6.91. The number of benzene rings is 1. The lowest BCUT2D eigenvalue weighted by molar-refractivity contribution is -0.118. The lowest BCUT2D eigenvalue weighted by atomic mass is 9.97. The van der Waals surface area contributed by atoms with Crippen LogP contribution in [0.1, 0.15) is 24.8 Å². The Labute approximate surface area is 125 Å². The van der Waals surface area contributed by atoms with Crippen LogP contribution in [0.15, 0.2) is 36.5 Å². The molecular weight excluding hydrogens is 266 g/mol. The van der Waals surface area contributed by atoms with Crippen LogP contribution < -0.4 is 9.64 Å². The number of hydrogen-bond acceptors (Lipinski definition) is 3. The molecule has 0 N–H and O–H groups in total. The molecule has 1 unspecified atom stereocenters. The van der Waals surface area contributed by atoms with E-state index in [-0.39, 0.29) is 11.8 Å². The zero-order chi connectivity index (χ0) is 15.4. The molecule has 112 valence electrons. The number of methoxy groups -OCH3 is 1. The van der Waals surface area contributed by atoms with Crippen LogP contribution in [0.2, 0.25) is 0 Å². The Morgan fingerprint density at radius 1 is 1.43 bits per heavy atom. The van der Waals surface area contributed by atoms with Gasteiger partial charge in [-0.3, -0.25) is 9.48 Å². The number of nitrogens with zero attached hydrogens (tertiary/aromatic N) is 3. The Morgan fingerprint density at radius 3 is 2.81 bits per heavy atom. The molecule has 0 aliphatic rings. The summed E-state index contributed by atoms with van der Waals surface area (Å²) in [6.07, 6.45) is 2.12. The van der Waals surface area contributed by atoms with Gasteiger partial charge in [0.25, 0.3) is 0 Å². The average Bonchev–Trinajstić information content (AvgIpc) is 2.92. The summed E-state index contributed by atoms with van der Waals surface area (Å²) in [7, 11) is 5.24. The topological polar surface area (TPSA) is 47.4 Å². The molecule has 1 amide bonds. The van der Waals surface area contributed by atoms with Crippen LogP contribution >= 0.6 is 0 Å². The summed E-state index contributed by atoms with van der Waals surface area (Å²) < 4.78 is 6.91. The summed E-state index contributed by atoms with van der Waals surface area (Å²) in [6.45, 7) is 2.05. The number of aromatic nitrogens is 2. The van der Waals surface area contributed by atoms with Gasteiger partial charge >= 0.3 is 0 Å². The molecule has 0 saturated carbocycles. The number of anilines is 1. The number of amides is 1. The first-order valence-corrected chi connectivity index (χ1v) is 6.91. The Hall–Kier alpha value is -2.30. The van der Waals surface area contributed by atoms with Crippen molar-refractivity contribution in [3.05, 3.63) is 42.1 Å². The molecule has 0 spiro atoms. The van der Waals surface area contributed by atoms with Crippen molar-refractivity contribution in [2.24, 2.45) is 7.05 Å². The van der Waals surface area contributed by atoms with E-state index in [9.17, 15) is 4.79 Å². The highest BCUT2D eigenvalue weighted by atomic mass is 16.5. The van der Waals surface area contributed by atoms with Crippen LogP contribution in [-0.4, -0.2) is 29.8 Å². The van der Waals surface area contributed by atoms with Gasteiger partial charge in [-0.15, -0.1) is 0 Å². The van der Waals surface area contributed by atoms with Gasteiger partial charge in [-0.25, -0.2) is 0 Å². The predicted octanol–water partition coefficient (Wildman–Crippen LogP) is 2.59.